The number of carbonyl (C=O) groups is 2. The highest BCUT2D eigenvalue weighted by molar-refractivity contribution is 5.98. The van der Waals surface area contributed by atoms with Gasteiger partial charge in [0, 0.05) is 24.3 Å². The van der Waals surface area contributed by atoms with Gasteiger partial charge in [0.1, 0.15) is 11.5 Å². The molecule has 0 spiro atoms. The van der Waals surface area contributed by atoms with Crippen LogP contribution in [0.3, 0.4) is 0 Å². The Morgan fingerprint density at radius 2 is 1.91 bits per heavy atom. The summed E-state index contributed by atoms with van der Waals surface area (Å²) in [5, 5.41) is 12.6. The summed E-state index contributed by atoms with van der Waals surface area (Å²) in [7, 11) is 0. The predicted octanol–water partition coefficient (Wildman–Crippen LogP) is 1.18. The van der Waals surface area contributed by atoms with E-state index in [0.29, 0.717) is 19.4 Å². The Bertz CT molecular complexity index is 584. The van der Waals surface area contributed by atoms with Gasteiger partial charge in [-0.25, -0.2) is 0 Å². The van der Waals surface area contributed by atoms with Crippen molar-refractivity contribution in [2.45, 2.75) is 44.2 Å². The van der Waals surface area contributed by atoms with Crippen molar-refractivity contribution in [3.05, 3.63) is 29.8 Å². The number of aromatic hydroxyl groups is 1. The van der Waals surface area contributed by atoms with Crippen LogP contribution in [0.1, 0.15) is 31.2 Å². The van der Waals surface area contributed by atoms with Gasteiger partial charge in [-0.05, 0) is 43.5 Å². The number of unbranched alkanes of at least 4 members (excludes halogenated alkanes) is 1. The van der Waals surface area contributed by atoms with Crippen LogP contribution in [0, 0.1) is 11.8 Å². The van der Waals surface area contributed by atoms with E-state index in [1.54, 1.807) is 12.1 Å². The molecule has 0 radical (unpaired) electrons. The third kappa shape index (κ3) is 3.62. The first-order valence-corrected chi connectivity index (χ1v) is 8.40. The zero-order chi connectivity index (χ0) is 16.4. The number of hydrogen-bond donors (Lipinski definition) is 3. The van der Waals surface area contributed by atoms with Crippen molar-refractivity contribution in [3.63, 3.8) is 0 Å². The molecule has 1 aliphatic carbocycles. The number of ketones is 2. The number of hydrogen-bond acceptors (Lipinski definition) is 5. The van der Waals surface area contributed by atoms with Crippen molar-refractivity contribution in [2.75, 3.05) is 6.54 Å². The van der Waals surface area contributed by atoms with Gasteiger partial charge in [0.2, 0.25) is 0 Å². The number of phenols is 1. The summed E-state index contributed by atoms with van der Waals surface area (Å²) in [6.07, 6.45) is 3.58. The minimum atomic E-state index is -0.256. The minimum Gasteiger partial charge on any atom is -0.508 e. The van der Waals surface area contributed by atoms with Crippen molar-refractivity contribution in [1.29, 1.82) is 0 Å². The molecule has 1 aliphatic heterocycles. The average molecular weight is 316 g/mol. The average Bonchev–Trinajstić information content (AvgIpc) is 3.32. The highest BCUT2D eigenvalue weighted by atomic mass is 16.3. The van der Waals surface area contributed by atoms with Crippen LogP contribution < -0.4 is 11.1 Å². The first kappa shape index (κ1) is 16.1. The smallest absolute Gasteiger partial charge is 0.155 e. The summed E-state index contributed by atoms with van der Waals surface area (Å²) >= 11 is 0. The third-order valence-electron chi connectivity index (χ3n) is 5.01. The van der Waals surface area contributed by atoms with Crippen molar-refractivity contribution < 1.29 is 14.7 Å². The predicted molar refractivity (Wildman–Crippen MR) is 87.0 cm³/mol. The molecule has 1 saturated carbocycles. The topological polar surface area (TPSA) is 102 Å². The largest absolute Gasteiger partial charge is 0.508 e. The Hall–Kier alpha value is -1.72. The SMILES string of the molecule is NCCCCC1C(=O)CC(Cc2ccc(O)cc2)C(=O)C2NC12. The molecule has 0 aromatic heterocycles. The van der Waals surface area contributed by atoms with Crippen LogP contribution in [0.25, 0.3) is 0 Å². The van der Waals surface area contributed by atoms with Crippen LogP contribution in [-0.2, 0) is 16.0 Å². The summed E-state index contributed by atoms with van der Waals surface area (Å²) < 4.78 is 0. The van der Waals surface area contributed by atoms with Crippen molar-refractivity contribution >= 4 is 11.6 Å². The number of rotatable bonds is 6. The molecular formula is C18H24N2O3. The molecule has 0 bridgehead atoms. The standard InChI is InChI=1S/C18H24N2O3/c19-8-2-1-3-14-15(22)10-12(18(23)17-16(14)20-17)9-11-4-6-13(21)7-5-11/h4-7,12,14,16-17,20-21H,1-3,8-10,19H2. The molecule has 1 aromatic carbocycles. The lowest BCUT2D eigenvalue weighted by molar-refractivity contribution is -0.128. The lowest BCUT2D eigenvalue weighted by atomic mass is 9.88. The van der Waals surface area contributed by atoms with Crippen LogP contribution >= 0.6 is 0 Å². The summed E-state index contributed by atoms with van der Waals surface area (Å²) in [5.41, 5.74) is 6.50. The molecule has 1 saturated heterocycles. The van der Waals surface area contributed by atoms with E-state index in [-0.39, 0.29) is 41.2 Å². The van der Waals surface area contributed by atoms with E-state index in [0.717, 1.165) is 24.8 Å². The molecule has 2 fully saturated rings. The van der Waals surface area contributed by atoms with Crippen LogP contribution in [0.2, 0.25) is 0 Å². The first-order chi connectivity index (χ1) is 11.1. The Kier molecular flexibility index (Phi) is 4.78. The van der Waals surface area contributed by atoms with Gasteiger partial charge in [-0.15, -0.1) is 0 Å². The zero-order valence-corrected chi connectivity index (χ0v) is 13.2. The Morgan fingerprint density at radius 1 is 1.17 bits per heavy atom. The van der Waals surface area contributed by atoms with Gasteiger partial charge in [0.15, 0.2) is 5.78 Å². The van der Waals surface area contributed by atoms with E-state index in [1.165, 1.54) is 0 Å². The van der Waals surface area contributed by atoms with Gasteiger partial charge in [0.25, 0.3) is 0 Å². The number of Topliss-reactive ketones (excluding diaryl/α,β-unsaturated/α-hetero) is 2. The number of fused-ring (bicyclic) bond motifs is 1. The highest BCUT2D eigenvalue weighted by Gasteiger charge is 2.53. The molecular weight excluding hydrogens is 292 g/mol. The number of nitrogens with one attached hydrogen (secondary N) is 1. The molecule has 1 heterocycles. The third-order valence-corrected chi connectivity index (χ3v) is 5.01. The van der Waals surface area contributed by atoms with Gasteiger partial charge in [0.05, 0.1) is 6.04 Å². The van der Waals surface area contributed by atoms with E-state index in [2.05, 4.69) is 5.32 Å². The first-order valence-electron chi connectivity index (χ1n) is 8.40. The number of phenolic OH excluding ortho intramolecular Hbond substituents is 1. The molecule has 124 valence electrons. The number of carbonyl (C=O) groups excluding carboxylic acids is 2. The molecule has 5 heteroatoms. The van der Waals surface area contributed by atoms with E-state index in [1.807, 2.05) is 12.1 Å². The lowest BCUT2D eigenvalue weighted by Crippen LogP contribution is -2.26. The van der Waals surface area contributed by atoms with Gasteiger partial charge < -0.3 is 16.2 Å². The second kappa shape index (κ2) is 6.81. The Morgan fingerprint density at radius 3 is 2.61 bits per heavy atom. The fourth-order valence-electron chi connectivity index (χ4n) is 3.65. The van der Waals surface area contributed by atoms with Crippen molar-refractivity contribution in [2.24, 2.45) is 17.6 Å². The van der Waals surface area contributed by atoms with E-state index in [4.69, 9.17) is 5.73 Å². The maximum Gasteiger partial charge on any atom is 0.155 e. The molecule has 0 amide bonds. The van der Waals surface area contributed by atoms with Crippen molar-refractivity contribution in [1.82, 2.24) is 5.32 Å². The highest BCUT2D eigenvalue weighted by Crippen LogP contribution is 2.35. The zero-order valence-electron chi connectivity index (χ0n) is 13.2. The van der Waals surface area contributed by atoms with E-state index >= 15 is 0 Å². The quantitative estimate of drug-likeness (QED) is 0.540. The van der Waals surface area contributed by atoms with Gasteiger partial charge in [-0.3, -0.25) is 9.59 Å². The maximum atomic E-state index is 12.6. The number of nitrogens with two attached hydrogens (primary N) is 1. The fraction of sp³-hybridized carbons (Fsp3) is 0.556. The second-order valence-electron chi connectivity index (χ2n) is 6.70. The Labute approximate surface area is 136 Å². The van der Waals surface area contributed by atoms with Crippen LogP contribution in [-0.4, -0.2) is 35.3 Å². The van der Waals surface area contributed by atoms with E-state index < -0.39 is 0 Å². The second-order valence-corrected chi connectivity index (χ2v) is 6.70. The fourth-order valence-corrected chi connectivity index (χ4v) is 3.65. The molecule has 2 aliphatic rings. The van der Waals surface area contributed by atoms with Crippen LogP contribution in [0.4, 0.5) is 0 Å². The van der Waals surface area contributed by atoms with Crippen molar-refractivity contribution in [3.8, 4) is 5.75 Å². The summed E-state index contributed by atoms with van der Waals surface area (Å²) in [4.78, 5) is 25.2. The number of benzene rings is 1. The molecule has 23 heavy (non-hydrogen) atoms. The van der Waals surface area contributed by atoms with Gasteiger partial charge >= 0.3 is 0 Å². The van der Waals surface area contributed by atoms with Gasteiger partial charge in [-0.2, -0.15) is 0 Å². The summed E-state index contributed by atoms with van der Waals surface area (Å²) in [6.45, 7) is 0.644. The molecule has 1 aromatic rings. The van der Waals surface area contributed by atoms with Crippen LogP contribution in [0.15, 0.2) is 24.3 Å². The molecule has 3 rings (SSSR count). The van der Waals surface area contributed by atoms with E-state index in [9.17, 15) is 14.7 Å². The molecule has 4 unspecified atom stereocenters. The monoisotopic (exact) mass is 316 g/mol. The Balaban J connectivity index is 1.67. The van der Waals surface area contributed by atoms with Crippen LogP contribution in [0.5, 0.6) is 5.75 Å². The molecule has 5 nitrogen and oxygen atoms in total. The minimum absolute atomic E-state index is 0.0394. The lowest BCUT2D eigenvalue weighted by Gasteiger charge is -2.16. The maximum absolute atomic E-state index is 12.6. The summed E-state index contributed by atoms with van der Waals surface area (Å²) in [5.74, 6) is 0.282. The van der Waals surface area contributed by atoms with Gasteiger partial charge in [-0.1, -0.05) is 18.6 Å². The molecule has 4 atom stereocenters. The summed E-state index contributed by atoms with van der Waals surface area (Å²) in [6, 6.07) is 6.76. The normalized spacial score (nSPS) is 30.0. The molecule has 4 N–H and O–H groups in total.